The number of benzene rings is 1. The Balaban J connectivity index is 2.67. The first-order chi connectivity index (χ1) is 5.90. The lowest BCUT2D eigenvalue weighted by molar-refractivity contribution is 0.177. The van der Waals surface area contributed by atoms with Gasteiger partial charge in [-0.2, -0.15) is 0 Å². The van der Waals surface area contributed by atoms with Crippen LogP contribution in [0.5, 0.6) is 0 Å². The fourth-order valence-electron chi connectivity index (χ4n) is 1.21. The molecule has 0 saturated carbocycles. The Hall–Kier alpha value is -1.41. The normalized spacial score (nSPS) is 10.4. The lowest BCUT2D eigenvalue weighted by Crippen LogP contribution is -1.82. The third kappa shape index (κ3) is 1.17. The molecule has 12 heavy (non-hydrogen) atoms. The van der Waals surface area contributed by atoms with Gasteiger partial charge in [-0.25, -0.2) is 5.11 Å². The van der Waals surface area contributed by atoms with Gasteiger partial charge >= 0.3 is 0 Å². The van der Waals surface area contributed by atoms with Crippen LogP contribution in [-0.2, 0) is 11.7 Å². The lowest BCUT2D eigenvalue weighted by atomic mass is 10.1. The molecule has 0 aliphatic heterocycles. The van der Waals surface area contributed by atoms with Crippen LogP contribution in [0.2, 0.25) is 0 Å². The van der Waals surface area contributed by atoms with Gasteiger partial charge in [0.1, 0.15) is 6.61 Å². The van der Waals surface area contributed by atoms with Gasteiger partial charge in [-0.15, -0.1) is 0 Å². The van der Waals surface area contributed by atoms with E-state index in [2.05, 4.69) is 4.98 Å². The second-order valence-corrected chi connectivity index (χ2v) is 2.67. The van der Waals surface area contributed by atoms with Crippen molar-refractivity contribution in [3.63, 3.8) is 0 Å². The summed E-state index contributed by atoms with van der Waals surface area (Å²) in [4.78, 5) is 4.15. The average Bonchev–Trinajstić information content (AvgIpc) is 2.17. The van der Waals surface area contributed by atoms with E-state index in [0.29, 0.717) is 0 Å². The first-order valence-electron chi connectivity index (χ1n) is 3.82. The van der Waals surface area contributed by atoms with Crippen LogP contribution in [0.3, 0.4) is 0 Å². The van der Waals surface area contributed by atoms with Gasteiger partial charge in [0.25, 0.3) is 0 Å². The number of hydrogen-bond donors (Lipinski definition) is 0. The zero-order valence-electron chi connectivity index (χ0n) is 6.53. The van der Waals surface area contributed by atoms with Crippen molar-refractivity contribution in [2.75, 3.05) is 0 Å². The van der Waals surface area contributed by atoms with Crippen molar-refractivity contribution in [2.45, 2.75) is 6.61 Å². The minimum absolute atomic E-state index is 0.162. The topological polar surface area (TPSA) is 32.8 Å². The summed E-state index contributed by atoms with van der Waals surface area (Å²) in [5.74, 6) is 0. The van der Waals surface area contributed by atoms with E-state index in [0.717, 1.165) is 16.5 Å². The first-order valence-corrected chi connectivity index (χ1v) is 3.82. The molecule has 1 radical (unpaired) electrons. The average molecular weight is 158 g/mol. The van der Waals surface area contributed by atoms with Crippen LogP contribution < -0.4 is 0 Å². The zero-order valence-corrected chi connectivity index (χ0v) is 6.53. The molecule has 1 heterocycles. The monoisotopic (exact) mass is 158 g/mol. The third-order valence-electron chi connectivity index (χ3n) is 1.83. The maximum atomic E-state index is 10.6. The molecule has 0 unspecified atom stereocenters. The molecule has 59 valence electrons. The molecule has 0 atom stereocenters. The number of pyridine rings is 1. The van der Waals surface area contributed by atoms with Crippen LogP contribution in [0.1, 0.15) is 5.56 Å². The summed E-state index contributed by atoms with van der Waals surface area (Å²) in [5, 5.41) is 11.6. The number of hydrogen-bond acceptors (Lipinski definition) is 1. The molecule has 2 nitrogen and oxygen atoms in total. The Labute approximate surface area is 70.5 Å². The Morgan fingerprint density at radius 1 is 1.25 bits per heavy atom. The van der Waals surface area contributed by atoms with Crippen LogP contribution in [0.25, 0.3) is 10.9 Å². The molecule has 0 amide bonds. The van der Waals surface area contributed by atoms with Crippen molar-refractivity contribution >= 4 is 10.9 Å². The van der Waals surface area contributed by atoms with E-state index in [1.165, 1.54) is 0 Å². The van der Waals surface area contributed by atoms with Crippen molar-refractivity contribution in [3.05, 3.63) is 42.1 Å². The van der Waals surface area contributed by atoms with Crippen LogP contribution in [0.15, 0.2) is 36.5 Å². The van der Waals surface area contributed by atoms with Crippen LogP contribution in [0, 0.1) is 0 Å². The Morgan fingerprint density at radius 3 is 3.00 bits per heavy atom. The highest BCUT2D eigenvalue weighted by Crippen LogP contribution is 2.12. The predicted molar refractivity (Wildman–Crippen MR) is 46.1 cm³/mol. The minimum Gasteiger partial charge on any atom is -0.256 e. The van der Waals surface area contributed by atoms with E-state index < -0.39 is 0 Å². The van der Waals surface area contributed by atoms with E-state index >= 15 is 0 Å². The number of rotatable bonds is 1. The van der Waals surface area contributed by atoms with Gasteiger partial charge in [-0.1, -0.05) is 12.1 Å². The highest BCUT2D eigenvalue weighted by molar-refractivity contribution is 5.78. The van der Waals surface area contributed by atoms with Crippen LogP contribution in [0.4, 0.5) is 0 Å². The van der Waals surface area contributed by atoms with Crippen LogP contribution >= 0.6 is 0 Å². The van der Waals surface area contributed by atoms with E-state index in [4.69, 9.17) is 0 Å². The van der Waals surface area contributed by atoms with Crippen molar-refractivity contribution < 1.29 is 5.11 Å². The van der Waals surface area contributed by atoms with Crippen molar-refractivity contribution in [1.82, 2.24) is 4.98 Å². The highest BCUT2D eigenvalue weighted by atomic mass is 16.3. The van der Waals surface area contributed by atoms with Gasteiger partial charge in [0.15, 0.2) is 0 Å². The van der Waals surface area contributed by atoms with Crippen molar-refractivity contribution in [3.8, 4) is 0 Å². The SMILES string of the molecule is [O]Cc1ccc2ncccc2c1. The number of aromatic nitrogens is 1. The van der Waals surface area contributed by atoms with Gasteiger partial charge in [0.05, 0.1) is 5.52 Å². The highest BCUT2D eigenvalue weighted by Gasteiger charge is 1.94. The van der Waals surface area contributed by atoms with E-state index in [9.17, 15) is 5.11 Å². The summed E-state index contributed by atoms with van der Waals surface area (Å²) in [6, 6.07) is 9.42. The fourth-order valence-corrected chi connectivity index (χ4v) is 1.21. The quantitative estimate of drug-likeness (QED) is 0.626. The van der Waals surface area contributed by atoms with Gasteiger partial charge in [-0.05, 0) is 23.8 Å². The minimum atomic E-state index is -0.162. The van der Waals surface area contributed by atoms with Gasteiger partial charge in [-0.3, -0.25) is 4.98 Å². The van der Waals surface area contributed by atoms with Gasteiger partial charge in [0.2, 0.25) is 0 Å². The molecule has 2 heteroatoms. The molecule has 0 aliphatic rings. The third-order valence-corrected chi connectivity index (χ3v) is 1.83. The first kappa shape index (κ1) is 7.25. The Morgan fingerprint density at radius 2 is 2.17 bits per heavy atom. The van der Waals surface area contributed by atoms with E-state index in [-0.39, 0.29) is 6.61 Å². The summed E-state index contributed by atoms with van der Waals surface area (Å²) in [6.07, 6.45) is 1.75. The molecule has 0 saturated heterocycles. The van der Waals surface area contributed by atoms with Gasteiger partial charge < -0.3 is 0 Å². The largest absolute Gasteiger partial charge is 0.256 e. The van der Waals surface area contributed by atoms with Crippen molar-refractivity contribution in [1.29, 1.82) is 0 Å². The Bertz CT molecular complexity index is 398. The summed E-state index contributed by atoms with van der Waals surface area (Å²) >= 11 is 0. The van der Waals surface area contributed by atoms with Crippen molar-refractivity contribution in [2.24, 2.45) is 0 Å². The predicted octanol–water partition coefficient (Wildman–Crippen LogP) is 2.17. The molecule has 0 aliphatic carbocycles. The zero-order chi connectivity index (χ0) is 8.39. The molecular weight excluding hydrogens is 150 g/mol. The molecule has 2 rings (SSSR count). The Kier molecular flexibility index (Phi) is 1.76. The number of fused-ring (bicyclic) bond motifs is 1. The molecule has 2 aromatic rings. The maximum Gasteiger partial charge on any atom is 0.107 e. The van der Waals surface area contributed by atoms with Gasteiger partial charge in [0, 0.05) is 11.6 Å². The molecule has 0 bridgehead atoms. The second-order valence-electron chi connectivity index (χ2n) is 2.67. The maximum absolute atomic E-state index is 10.6. The molecular formula is C10H8NO. The summed E-state index contributed by atoms with van der Waals surface area (Å²) in [7, 11) is 0. The second kappa shape index (κ2) is 2.91. The fraction of sp³-hybridized carbons (Fsp3) is 0.100. The smallest absolute Gasteiger partial charge is 0.107 e. The molecule has 0 fully saturated rings. The molecule has 1 aromatic heterocycles. The van der Waals surface area contributed by atoms with E-state index in [1.807, 2.05) is 30.3 Å². The summed E-state index contributed by atoms with van der Waals surface area (Å²) < 4.78 is 0. The summed E-state index contributed by atoms with van der Waals surface area (Å²) in [5.41, 5.74) is 1.75. The molecule has 0 spiro atoms. The van der Waals surface area contributed by atoms with E-state index in [1.54, 1.807) is 6.20 Å². The molecule has 1 aromatic carbocycles. The van der Waals surface area contributed by atoms with Crippen LogP contribution in [-0.4, -0.2) is 4.98 Å². The lowest BCUT2D eigenvalue weighted by Gasteiger charge is -1.97. The standard InChI is InChI=1S/C10H8NO/c12-7-8-3-4-10-9(6-8)2-1-5-11-10/h1-6H,7H2. The number of nitrogens with zero attached hydrogens (tertiary/aromatic N) is 1. The molecule has 0 N–H and O–H groups in total. The summed E-state index contributed by atoms with van der Waals surface area (Å²) in [6.45, 7) is -0.162.